The van der Waals surface area contributed by atoms with Gasteiger partial charge >= 0.3 is 0 Å². The van der Waals surface area contributed by atoms with E-state index in [1.165, 1.54) is 51.9 Å². The van der Waals surface area contributed by atoms with Gasteiger partial charge in [0.1, 0.15) is 0 Å². The van der Waals surface area contributed by atoms with Gasteiger partial charge in [-0.15, -0.1) is 0 Å². The molecule has 1 atom stereocenters. The number of hydrogen-bond donors (Lipinski definition) is 2. The third-order valence-corrected chi connectivity index (χ3v) is 3.78. The van der Waals surface area contributed by atoms with E-state index < -0.39 is 0 Å². The zero-order chi connectivity index (χ0) is 9.15. The highest BCUT2D eigenvalue weighted by Crippen LogP contribution is 2.58. The van der Waals surface area contributed by atoms with Gasteiger partial charge in [-0.2, -0.15) is 0 Å². The van der Waals surface area contributed by atoms with Crippen molar-refractivity contribution < 1.29 is 0 Å². The number of rotatable bonds is 4. The maximum atomic E-state index is 3.55. The lowest BCUT2D eigenvalue weighted by Crippen LogP contribution is -2.31. The van der Waals surface area contributed by atoms with Crippen molar-refractivity contribution in [3.05, 3.63) is 0 Å². The lowest BCUT2D eigenvalue weighted by atomic mass is 9.92. The summed E-state index contributed by atoms with van der Waals surface area (Å²) in [6.45, 7) is 7.22. The molecule has 0 amide bonds. The Kier molecular flexibility index (Phi) is 2.89. The summed E-state index contributed by atoms with van der Waals surface area (Å²) in [4.78, 5) is 0. The van der Waals surface area contributed by atoms with Gasteiger partial charge in [0, 0.05) is 0 Å². The van der Waals surface area contributed by atoms with Gasteiger partial charge in [-0.05, 0) is 63.2 Å². The Morgan fingerprint density at radius 3 is 2.85 bits per heavy atom. The lowest BCUT2D eigenvalue weighted by molar-refractivity contribution is 0.319. The molecule has 0 aromatic carbocycles. The molecule has 1 unspecified atom stereocenters. The molecule has 2 fully saturated rings. The van der Waals surface area contributed by atoms with Crippen LogP contribution >= 0.6 is 0 Å². The van der Waals surface area contributed by atoms with Crippen molar-refractivity contribution in [2.45, 2.75) is 32.6 Å². The molecule has 2 nitrogen and oxygen atoms in total. The van der Waals surface area contributed by atoms with Gasteiger partial charge in [-0.3, -0.25) is 0 Å². The van der Waals surface area contributed by atoms with Crippen LogP contribution in [0, 0.1) is 11.3 Å². The Labute approximate surface area is 81.5 Å². The summed E-state index contributed by atoms with van der Waals surface area (Å²) in [7, 11) is 0. The van der Waals surface area contributed by atoms with E-state index in [4.69, 9.17) is 0 Å². The SMILES string of the molecule is CCCNCC1CC12CCNCC2. The van der Waals surface area contributed by atoms with Gasteiger partial charge in [-0.1, -0.05) is 6.92 Å². The van der Waals surface area contributed by atoms with Crippen molar-refractivity contribution in [1.82, 2.24) is 10.6 Å². The summed E-state index contributed by atoms with van der Waals surface area (Å²) in [5.41, 5.74) is 0.770. The van der Waals surface area contributed by atoms with E-state index in [0.717, 1.165) is 11.3 Å². The molecule has 0 bridgehead atoms. The molecule has 2 N–H and O–H groups in total. The summed E-state index contributed by atoms with van der Waals surface area (Å²) in [6, 6.07) is 0. The first-order chi connectivity index (χ1) is 6.37. The van der Waals surface area contributed by atoms with Crippen LogP contribution in [0.4, 0.5) is 0 Å². The van der Waals surface area contributed by atoms with Crippen LogP contribution in [0.3, 0.4) is 0 Å². The smallest absolute Gasteiger partial charge is 0.00150 e. The van der Waals surface area contributed by atoms with Crippen LogP contribution in [0.25, 0.3) is 0 Å². The molecule has 1 aliphatic carbocycles. The van der Waals surface area contributed by atoms with Gasteiger partial charge < -0.3 is 10.6 Å². The van der Waals surface area contributed by atoms with Gasteiger partial charge in [0.15, 0.2) is 0 Å². The second kappa shape index (κ2) is 3.97. The van der Waals surface area contributed by atoms with Crippen molar-refractivity contribution in [2.24, 2.45) is 11.3 Å². The molecule has 0 radical (unpaired) electrons. The Morgan fingerprint density at radius 2 is 2.15 bits per heavy atom. The second-order valence-corrected chi connectivity index (χ2v) is 4.72. The Morgan fingerprint density at radius 1 is 1.38 bits per heavy atom. The topological polar surface area (TPSA) is 24.1 Å². The van der Waals surface area contributed by atoms with Crippen LogP contribution in [-0.4, -0.2) is 26.2 Å². The molecule has 0 aromatic heterocycles. The Balaban J connectivity index is 1.67. The highest BCUT2D eigenvalue weighted by Gasteiger charge is 2.52. The fraction of sp³-hybridized carbons (Fsp3) is 1.00. The predicted octanol–water partition coefficient (Wildman–Crippen LogP) is 1.38. The van der Waals surface area contributed by atoms with Crippen LogP contribution in [0.1, 0.15) is 32.6 Å². The first-order valence-electron chi connectivity index (χ1n) is 5.79. The van der Waals surface area contributed by atoms with Crippen molar-refractivity contribution in [2.75, 3.05) is 26.2 Å². The molecule has 2 heteroatoms. The zero-order valence-corrected chi connectivity index (χ0v) is 8.73. The molecular weight excluding hydrogens is 160 g/mol. The largest absolute Gasteiger partial charge is 0.317 e. The third kappa shape index (κ3) is 2.05. The Hall–Kier alpha value is -0.0800. The normalized spacial score (nSPS) is 30.7. The summed E-state index contributed by atoms with van der Waals surface area (Å²) >= 11 is 0. The van der Waals surface area contributed by atoms with E-state index in [1.807, 2.05) is 0 Å². The second-order valence-electron chi connectivity index (χ2n) is 4.72. The maximum absolute atomic E-state index is 3.55. The van der Waals surface area contributed by atoms with E-state index in [1.54, 1.807) is 0 Å². The van der Waals surface area contributed by atoms with Gasteiger partial charge in [-0.25, -0.2) is 0 Å². The molecule has 13 heavy (non-hydrogen) atoms. The summed E-state index contributed by atoms with van der Waals surface area (Å²) < 4.78 is 0. The Bertz CT molecular complexity index is 161. The van der Waals surface area contributed by atoms with Crippen molar-refractivity contribution in [1.29, 1.82) is 0 Å². The van der Waals surface area contributed by atoms with Crippen LogP contribution in [-0.2, 0) is 0 Å². The minimum atomic E-state index is 0.770. The van der Waals surface area contributed by atoms with Crippen LogP contribution in [0.2, 0.25) is 0 Å². The molecular formula is C11H22N2. The molecule has 1 aliphatic heterocycles. The van der Waals surface area contributed by atoms with Crippen LogP contribution in [0.15, 0.2) is 0 Å². The minimum absolute atomic E-state index is 0.770. The van der Waals surface area contributed by atoms with Gasteiger partial charge in [0.2, 0.25) is 0 Å². The lowest BCUT2D eigenvalue weighted by Gasteiger charge is -2.23. The quantitative estimate of drug-likeness (QED) is 0.642. The van der Waals surface area contributed by atoms with Crippen molar-refractivity contribution in [3.8, 4) is 0 Å². The zero-order valence-electron chi connectivity index (χ0n) is 8.73. The monoisotopic (exact) mass is 182 g/mol. The number of piperidine rings is 1. The predicted molar refractivity (Wildman–Crippen MR) is 55.8 cm³/mol. The average Bonchev–Trinajstić information content (AvgIpc) is 2.80. The molecule has 1 heterocycles. The fourth-order valence-electron chi connectivity index (χ4n) is 2.71. The first-order valence-corrected chi connectivity index (χ1v) is 5.79. The highest BCUT2D eigenvalue weighted by molar-refractivity contribution is 5.04. The fourth-order valence-corrected chi connectivity index (χ4v) is 2.71. The molecule has 1 saturated heterocycles. The van der Waals surface area contributed by atoms with Gasteiger partial charge in [0.05, 0.1) is 0 Å². The number of hydrogen-bond acceptors (Lipinski definition) is 2. The molecule has 0 aromatic rings. The van der Waals surface area contributed by atoms with Crippen molar-refractivity contribution >= 4 is 0 Å². The number of nitrogens with one attached hydrogen (secondary N) is 2. The molecule has 2 rings (SSSR count). The van der Waals surface area contributed by atoms with E-state index in [0.29, 0.717) is 0 Å². The van der Waals surface area contributed by atoms with E-state index in [9.17, 15) is 0 Å². The van der Waals surface area contributed by atoms with Crippen molar-refractivity contribution in [3.63, 3.8) is 0 Å². The minimum Gasteiger partial charge on any atom is -0.317 e. The molecule has 2 aliphatic rings. The summed E-state index contributed by atoms with van der Waals surface area (Å²) in [5.74, 6) is 1.00. The third-order valence-electron chi connectivity index (χ3n) is 3.78. The molecule has 1 saturated carbocycles. The van der Waals surface area contributed by atoms with Gasteiger partial charge in [0.25, 0.3) is 0 Å². The molecule has 1 spiro atoms. The summed E-state index contributed by atoms with van der Waals surface area (Å²) in [6.07, 6.45) is 5.60. The standard InChI is InChI=1S/C11H22N2/c1-2-5-13-9-10-8-11(10)3-6-12-7-4-11/h10,12-13H,2-9H2,1H3. The first kappa shape index (κ1) is 9.47. The van der Waals surface area contributed by atoms with E-state index in [2.05, 4.69) is 17.6 Å². The van der Waals surface area contributed by atoms with Crippen LogP contribution in [0.5, 0.6) is 0 Å². The summed E-state index contributed by atoms with van der Waals surface area (Å²) in [5, 5.41) is 7.00. The van der Waals surface area contributed by atoms with E-state index in [-0.39, 0.29) is 0 Å². The van der Waals surface area contributed by atoms with E-state index >= 15 is 0 Å². The highest BCUT2D eigenvalue weighted by atomic mass is 14.9. The average molecular weight is 182 g/mol. The molecule has 76 valence electrons. The maximum Gasteiger partial charge on any atom is -0.00150 e. The van der Waals surface area contributed by atoms with Crippen LogP contribution < -0.4 is 10.6 Å².